The molecule has 1 aromatic heterocycles. The molecule has 32 heavy (non-hydrogen) atoms. The van der Waals surface area contributed by atoms with Gasteiger partial charge in [0, 0.05) is 24.6 Å². The van der Waals surface area contributed by atoms with Gasteiger partial charge in [-0.3, -0.25) is 4.79 Å². The Balaban J connectivity index is 2.16. The van der Waals surface area contributed by atoms with Crippen LogP contribution < -0.4 is 4.74 Å². The van der Waals surface area contributed by atoms with E-state index in [-0.39, 0.29) is 18.6 Å². The molecule has 8 heteroatoms. The Morgan fingerprint density at radius 2 is 1.88 bits per heavy atom. The van der Waals surface area contributed by atoms with Crippen molar-refractivity contribution < 1.29 is 28.2 Å². The highest BCUT2D eigenvalue weighted by Gasteiger charge is 2.45. The van der Waals surface area contributed by atoms with Gasteiger partial charge in [0.1, 0.15) is 4.75 Å². The second kappa shape index (κ2) is 9.48. The third-order valence-corrected chi connectivity index (χ3v) is 7.22. The van der Waals surface area contributed by atoms with E-state index in [2.05, 4.69) is 4.98 Å². The number of carboxylic acids is 1. The van der Waals surface area contributed by atoms with Crippen LogP contribution in [0.25, 0.3) is 0 Å². The fourth-order valence-electron chi connectivity index (χ4n) is 3.88. The molecule has 7 nitrogen and oxygen atoms in total. The van der Waals surface area contributed by atoms with Crippen LogP contribution in [0.4, 0.5) is 0 Å². The van der Waals surface area contributed by atoms with E-state index in [1.807, 2.05) is 6.92 Å². The maximum absolute atomic E-state index is 13.4. The van der Waals surface area contributed by atoms with Gasteiger partial charge < -0.3 is 19.9 Å². The lowest BCUT2D eigenvalue weighted by atomic mass is 9.87. The molecule has 3 rings (SSSR count). The van der Waals surface area contributed by atoms with E-state index in [9.17, 15) is 23.4 Å². The van der Waals surface area contributed by atoms with E-state index in [0.29, 0.717) is 34.7 Å². The second-order valence-electron chi connectivity index (χ2n) is 7.78. The third-order valence-electron chi connectivity index (χ3n) is 5.35. The zero-order valence-electron chi connectivity index (χ0n) is 18.0. The van der Waals surface area contributed by atoms with Gasteiger partial charge in [-0.1, -0.05) is 37.3 Å². The maximum Gasteiger partial charge on any atom is 0.307 e. The van der Waals surface area contributed by atoms with Crippen LogP contribution >= 0.6 is 0 Å². The summed E-state index contributed by atoms with van der Waals surface area (Å²) in [5.41, 5.74) is 2.00. The van der Waals surface area contributed by atoms with Gasteiger partial charge >= 0.3 is 5.97 Å². The SMILES string of the molecule is CCCOc1ccc(CC(c2cccc(CC(=O)O)c2)(c2ccc[nH]2)S(C)(=O)=O)cc1O. The monoisotopic (exact) mass is 457 g/mol. The quantitative estimate of drug-likeness (QED) is 0.428. The van der Waals surface area contributed by atoms with Crippen LogP contribution in [0.2, 0.25) is 0 Å². The molecule has 0 fully saturated rings. The number of phenolic OH excluding ortho intramolecular Hbond substituents is 1. The number of aliphatic carboxylic acids is 1. The first-order valence-electron chi connectivity index (χ1n) is 10.3. The van der Waals surface area contributed by atoms with Crippen LogP contribution in [-0.2, 0) is 32.2 Å². The second-order valence-corrected chi connectivity index (χ2v) is 10.0. The molecular weight excluding hydrogens is 430 g/mol. The number of rotatable bonds is 10. The number of carboxylic acid groups (broad SMARTS) is 1. The number of phenols is 1. The smallest absolute Gasteiger partial charge is 0.307 e. The molecule has 0 saturated carbocycles. The molecule has 0 aliphatic heterocycles. The summed E-state index contributed by atoms with van der Waals surface area (Å²) in [5, 5.41) is 19.6. The van der Waals surface area contributed by atoms with Crippen LogP contribution in [0.5, 0.6) is 11.5 Å². The van der Waals surface area contributed by atoms with E-state index in [1.165, 1.54) is 6.07 Å². The fraction of sp³-hybridized carbons (Fsp3) is 0.292. The minimum absolute atomic E-state index is 0.0322. The molecule has 0 amide bonds. The van der Waals surface area contributed by atoms with Crippen molar-refractivity contribution >= 4 is 15.8 Å². The predicted molar refractivity (Wildman–Crippen MR) is 122 cm³/mol. The van der Waals surface area contributed by atoms with Gasteiger partial charge in [-0.2, -0.15) is 0 Å². The van der Waals surface area contributed by atoms with Crippen molar-refractivity contribution in [2.45, 2.75) is 30.9 Å². The average molecular weight is 458 g/mol. The highest BCUT2D eigenvalue weighted by atomic mass is 32.2. The van der Waals surface area contributed by atoms with Crippen molar-refractivity contribution in [2.24, 2.45) is 0 Å². The summed E-state index contributed by atoms with van der Waals surface area (Å²) in [6.07, 6.45) is 3.41. The summed E-state index contributed by atoms with van der Waals surface area (Å²) < 4.78 is 30.7. The van der Waals surface area contributed by atoms with E-state index in [4.69, 9.17) is 4.74 Å². The van der Waals surface area contributed by atoms with Gasteiger partial charge in [0.15, 0.2) is 21.3 Å². The minimum Gasteiger partial charge on any atom is -0.504 e. The van der Waals surface area contributed by atoms with Crippen molar-refractivity contribution in [3.8, 4) is 11.5 Å². The minimum atomic E-state index is -3.77. The standard InChI is InChI=1S/C24H27NO6S/c1-3-12-31-21-10-9-18(14-20(21)26)16-24(32(2,29)30,22-8-5-11-25-22)19-7-4-6-17(13-19)15-23(27)28/h4-11,13-14,25-26H,3,12,15-16H2,1-2H3,(H,27,28). The number of hydrogen-bond donors (Lipinski definition) is 3. The Morgan fingerprint density at radius 1 is 1.09 bits per heavy atom. The van der Waals surface area contributed by atoms with Gasteiger partial charge in [0.05, 0.1) is 13.0 Å². The molecule has 170 valence electrons. The lowest BCUT2D eigenvalue weighted by molar-refractivity contribution is -0.136. The number of aromatic amines is 1. The summed E-state index contributed by atoms with van der Waals surface area (Å²) in [4.78, 5) is 14.3. The van der Waals surface area contributed by atoms with Crippen LogP contribution in [0, 0.1) is 0 Å². The lowest BCUT2D eigenvalue weighted by Gasteiger charge is -2.32. The highest BCUT2D eigenvalue weighted by Crippen LogP contribution is 2.41. The molecule has 0 bridgehead atoms. The van der Waals surface area contributed by atoms with Gasteiger partial charge in [0.2, 0.25) is 0 Å². The highest BCUT2D eigenvalue weighted by molar-refractivity contribution is 7.91. The van der Waals surface area contributed by atoms with Crippen LogP contribution in [0.15, 0.2) is 60.8 Å². The van der Waals surface area contributed by atoms with Crippen molar-refractivity contribution in [1.82, 2.24) is 4.98 Å². The molecule has 3 aromatic rings. The molecule has 2 aromatic carbocycles. The fourth-order valence-corrected chi connectivity index (χ4v) is 5.39. The molecule has 0 saturated heterocycles. The molecule has 1 atom stereocenters. The van der Waals surface area contributed by atoms with Gasteiger partial charge in [0.25, 0.3) is 0 Å². The summed E-state index contributed by atoms with van der Waals surface area (Å²) in [6.45, 7) is 2.42. The van der Waals surface area contributed by atoms with Crippen LogP contribution in [0.3, 0.4) is 0 Å². The predicted octanol–water partition coefficient (Wildman–Crippen LogP) is 3.67. The van der Waals surface area contributed by atoms with Crippen LogP contribution in [0.1, 0.15) is 35.7 Å². The largest absolute Gasteiger partial charge is 0.504 e. The number of nitrogens with one attached hydrogen (secondary N) is 1. The van der Waals surface area contributed by atoms with E-state index >= 15 is 0 Å². The molecule has 1 unspecified atom stereocenters. The zero-order valence-corrected chi connectivity index (χ0v) is 18.9. The Hall–Kier alpha value is -3.26. The normalized spacial score (nSPS) is 13.4. The first-order chi connectivity index (χ1) is 15.2. The van der Waals surface area contributed by atoms with E-state index in [0.717, 1.165) is 12.7 Å². The van der Waals surface area contributed by atoms with Crippen molar-refractivity contribution in [3.05, 3.63) is 83.2 Å². The molecule has 1 heterocycles. The lowest BCUT2D eigenvalue weighted by Crippen LogP contribution is -2.39. The number of ether oxygens (including phenoxy) is 1. The number of sulfone groups is 1. The molecule has 0 aliphatic carbocycles. The maximum atomic E-state index is 13.4. The van der Waals surface area contributed by atoms with Crippen molar-refractivity contribution in [3.63, 3.8) is 0 Å². The zero-order chi connectivity index (χ0) is 23.4. The molecule has 3 N–H and O–H groups in total. The number of hydrogen-bond acceptors (Lipinski definition) is 5. The van der Waals surface area contributed by atoms with Gasteiger partial charge in [-0.15, -0.1) is 0 Å². The summed E-state index contributed by atoms with van der Waals surface area (Å²) in [6, 6.07) is 14.9. The first kappa shape index (κ1) is 23.4. The molecule has 0 spiro atoms. The number of aromatic hydroxyl groups is 1. The number of aromatic nitrogens is 1. The average Bonchev–Trinajstić information content (AvgIpc) is 3.25. The van der Waals surface area contributed by atoms with E-state index in [1.54, 1.807) is 54.7 Å². The Kier molecular flexibility index (Phi) is 6.93. The topological polar surface area (TPSA) is 117 Å². The molecule has 0 aliphatic rings. The van der Waals surface area contributed by atoms with Crippen LogP contribution in [-0.4, -0.2) is 42.4 Å². The first-order valence-corrected chi connectivity index (χ1v) is 12.2. The number of carbonyl (C=O) groups is 1. The number of benzene rings is 2. The van der Waals surface area contributed by atoms with E-state index < -0.39 is 20.6 Å². The molecular formula is C24H27NO6S. The Morgan fingerprint density at radius 3 is 2.47 bits per heavy atom. The summed E-state index contributed by atoms with van der Waals surface area (Å²) >= 11 is 0. The van der Waals surface area contributed by atoms with Crippen molar-refractivity contribution in [2.75, 3.05) is 12.9 Å². The van der Waals surface area contributed by atoms with Gasteiger partial charge in [-0.05, 0) is 47.4 Å². The summed E-state index contributed by atoms with van der Waals surface area (Å²) in [7, 11) is -3.77. The summed E-state index contributed by atoms with van der Waals surface area (Å²) in [5.74, 6) is -0.729. The third kappa shape index (κ3) is 4.80. The van der Waals surface area contributed by atoms with Crippen molar-refractivity contribution in [1.29, 1.82) is 0 Å². The Bertz CT molecular complexity index is 1190. The van der Waals surface area contributed by atoms with Gasteiger partial charge in [-0.25, -0.2) is 8.42 Å². The Labute approximate surface area is 187 Å². The molecule has 0 radical (unpaired) electrons. The number of H-pyrrole nitrogens is 1.